The first kappa shape index (κ1) is 22.0. The summed E-state index contributed by atoms with van der Waals surface area (Å²) < 4.78 is 55.6. The van der Waals surface area contributed by atoms with Crippen molar-refractivity contribution in [1.29, 1.82) is 0 Å². The number of rotatable bonds is 6. The number of halogens is 3. The summed E-state index contributed by atoms with van der Waals surface area (Å²) in [5.41, 5.74) is 3.84. The molecule has 2 amide bonds. The lowest BCUT2D eigenvalue weighted by Crippen LogP contribution is -2.64. The first-order valence-corrected chi connectivity index (χ1v) is 12.6. The standard InChI is InChI=1S/C21H24ClF2N3O4S/c22-15-13(23)1-2-14(16(15)24)32(30,31)27-21(3-4-21)19(29)26-17-11-5-10-6-12(17)9-20(7-10,8-11)18(25)28/h1-2,10-12,17,27H,3-9H2,(H2,25,28)(H,26,29). The second kappa shape index (κ2) is 7.11. The molecule has 5 saturated carbocycles. The molecule has 1 aromatic rings. The molecule has 4 bridgehead atoms. The Morgan fingerprint density at radius 2 is 1.72 bits per heavy atom. The van der Waals surface area contributed by atoms with Crippen LogP contribution in [-0.4, -0.2) is 31.8 Å². The number of carbonyl (C=O) groups excluding carboxylic acids is 2. The molecule has 174 valence electrons. The van der Waals surface area contributed by atoms with Crippen LogP contribution < -0.4 is 15.8 Å². The topological polar surface area (TPSA) is 118 Å². The number of sulfonamides is 1. The van der Waals surface area contributed by atoms with Crippen molar-refractivity contribution >= 4 is 33.4 Å². The number of hydrogen-bond acceptors (Lipinski definition) is 4. The second-order valence-corrected chi connectivity index (χ2v) is 12.0. The molecule has 6 rings (SSSR count). The summed E-state index contributed by atoms with van der Waals surface area (Å²) in [6.07, 6.45) is 4.44. The predicted molar refractivity (Wildman–Crippen MR) is 111 cm³/mol. The van der Waals surface area contributed by atoms with Gasteiger partial charge >= 0.3 is 0 Å². The Balaban J connectivity index is 1.33. The lowest BCUT2D eigenvalue weighted by molar-refractivity contribution is -0.147. The first-order chi connectivity index (χ1) is 15.0. The van der Waals surface area contributed by atoms with Crippen LogP contribution in [-0.2, 0) is 19.6 Å². The van der Waals surface area contributed by atoms with Crippen molar-refractivity contribution in [1.82, 2.24) is 10.0 Å². The largest absolute Gasteiger partial charge is 0.369 e. The summed E-state index contributed by atoms with van der Waals surface area (Å²) in [5, 5.41) is 2.11. The van der Waals surface area contributed by atoms with Crippen molar-refractivity contribution in [2.45, 2.75) is 61.4 Å². The highest BCUT2D eigenvalue weighted by atomic mass is 35.5. The van der Waals surface area contributed by atoms with Gasteiger partial charge in [0.1, 0.15) is 21.3 Å². The maximum absolute atomic E-state index is 14.3. The summed E-state index contributed by atoms with van der Waals surface area (Å²) in [5.74, 6) is -2.52. The van der Waals surface area contributed by atoms with Gasteiger partial charge in [-0.1, -0.05) is 11.6 Å². The fraction of sp³-hybridized carbons (Fsp3) is 0.619. The summed E-state index contributed by atoms with van der Waals surface area (Å²) in [6, 6.07) is 1.40. The van der Waals surface area contributed by atoms with E-state index in [0.717, 1.165) is 31.4 Å². The van der Waals surface area contributed by atoms with Crippen molar-refractivity contribution in [3.05, 3.63) is 28.8 Å². The van der Waals surface area contributed by atoms with E-state index in [1.165, 1.54) is 0 Å². The average Bonchev–Trinajstić information content (AvgIpc) is 3.48. The van der Waals surface area contributed by atoms with E-state index in [9.17, 15) is 26.8 Å². The molecule has 0 spiro atoms. The van der Waals surface area contributed by atoms with Gasteiger partial charge in [0.25, 0.3) is 0 Å². The number of nitrogens with two attached hydrogens (primary N) is 1. The van der Waals surface area contributed by atoms with Gasteiger partial charge in [0.05, 0.1) is 0 Å². The normalized spacial score (nSPS) is 34.3. The zero-order chi connectivity index (χ0) is 23.1. The van der Waals surface area contributed by atoms with Gasteiger partial charge in [-0.05, 0) is 74.8 Å². The summed E-state index contributed by atoms with van der Waals surface area (Å²) in [4.78, 5) is 24.4. The molecule has 0 radical (unpaired) electrons. The highest BCUT2D eigenvalue weighted by Gasteiger charge is 2.60. The van der Waals surface area contributed by atoms with Gasteiger partial charge in [-0.3, -0.25) is 9.59 Å². The molecule has 0 saturated heterocycles. The fourth-order valence-corrected chi connectivity index (χ4v) is 8.11. The lowest BCUT2D eigenvalue weighted by Gasteiger charge is -2.59. The highest BCUT2D eigenvalue weighted by molar-refractivity contribution is 7.89. The van der Waals surface area contributed by atoms with Gasteiger partial charge in [-0.2, -0.15) is 4.72 Å². The summed E-state index contributed by atoms with van der Waals surface area (Å²) in [6.45, 7) is 0. The van der Waals surface area contributed by atoms with E-state index in [1.807, 2.05) is 0 Å². The molecule has 1 aromatic carbocycles. The summed E-state index contributed by atoms with van der Waals surface area (Å²) in [7, 11) is -4.45. The van der Waals surface area contributed by atoms with Crippen LogP contribution in [0.4, 0.5) is 8.78 Å². The van der Waals surface area contributed by atoms with Gasteiger partial charge in [0.15, 0.2) is 5.82 Å². The van der Waals surface area contributed by atoms with Crippen LogP contribution in [0.2, 0.25) is 5.02 Å². The Morgan fingerprint density at radius 3 is 2.28 bits per heavy atom. The van der Waals surface area contributed by atoms with Crippen LogP contribution in [0.1, 0.15) is 44.9 Å². The smallest absolute Gasteiger partial charge is 0.244 e. The third kappa shape index (κ3) is 3.33. The van der Waals surface area contributed by atoms with Crippen molar-refractivity contribution in [3.63, 3.8) is 0 Å². The maximum Gasteiger partial charge on any atom is 0.244 e. The third-order valence-electron chi connectivity index (χ3n) is 7.90. The van der Waals surface area contributed by atoms with Crippen LogP contribution in [0, 0.1) is 34.8 Å². The molecule has 2 atom stereocenters. The van der Waals surface area contributed by atoms with Crippen molar-refractivity contribution in [2.24, 2.45) is 28.9 Å². The first-order valence-electron chi connectivity index (χ1n) is 10.7. The lowest BCUT2D eigenvalue weighted by atomic mass is 9.47. The third-order valence-corrected chi connectivity index (χ3v) is 9.80. The molecule has 2 unspecified atom stereocenters. The van der Waals surface area contributed by atoms with Crippen LogP contribution in [0.3, 0.4) is 0 Å². The number of primary amides is 1. The molecule has 7 nitrogen and oxygen atoms in total. The van der Waals surface area contributed by atoms with Gasteiger partial charge < -0.3 is 11.1 Å². The SMILES string of the molecule is NC(=O)C12CC3CC(C1)C(NC(=O)C1(NS(=O)(=O)c4ccc(F)c(Cl)c4F)CC1)C(C3)C2. The number of nitrogens with one attached hydrogen (secondary N) is 2. The molecule has 0 aliphatic heterocycles. The Bertz CT molecular complexity index is 1110. The zero-order valence-electron chi connectivity index (χ0n) is 17.2. The van der Waals surface area contributed by atoms with Crippen molar-refractivity contribution in [3.8, 4) is 0 Å². The molecule has 5 aliphatic rings. The van der Waals surface area contributed by atoms with Gasteiger partial charge in [0, 0.05) is 11.5 Å². The monoisotopic (exact) mass is 487 g/mol. The Kier molecular flexibility index (Phi) is 4.89. The van der Waals surface area contributed by atoms with E-state index >= 15 is 0 Å². The average molecular weight is 488 g/mol. The molecular weight excluding hydrogens is 464 g/mol. The number of benzene rings is 1. The van der Waals surface area contributed by atoms with Crippen LogP contribution in [0.15, 0.2) is 17.0 Å². The minimum atomic E-state index is -4.45. The van der Waals surface area contributed by atoms with Gasteiger partial charge in [-0.15, -0.1) is 0 Å². The molecule has 5 aliphatic carbocycles. The van der Waals surface area contributed by atoms with E-state index in [1.54, 1.807) is 0 Å². The minimum absolute atomic E-state index is 0.124. The number of carbonyl (C=O) groups is 2. The molecule has 0 heterocycles. The molecule has 32 heavy (non-hydrogen) atoms. The van der Waals surface area contributed by atoms with Crippen LogP contribution in [0.25, 0.3) is 0 Å². The van der Waals surface area contributed by atoms with Gasteiger partial charge in [0.2, 0.25) is 21.8 Å². The van der Waals surface area contributed by atoms with Crippen LogP contribution in [0.5, 0.6) is 0 Å². The second-order valence-electron chi connectivity index (χ2n) is 9.97. The minimum Gasteiger partial charge on any atom is -0.369 e. The highest BCUT2D eigenvalue weighted by Crippen LogP contribution is 2.60. The van der Waals surface area contributed by atoms with Crippen LogP contribution >= 0.6 is 11.6 Å². The van der Waals surface area contributed by atoms with Gasteiger partial charge in [-0.25, -0.2) is 17.2 Å². The molecule has 4 N–H and O–H groups in total. The molecule has 11 heteroatoms. The van der Waals surface area contributed by atoms with E-state index in [2.05, 4.69) is 10.0 Å². The molecular formula is C21H24ClF2N3O4S. The quantitative estimate of drug-likeness (QED) is 0.533. The van der Waals surface area contributed by atoms with Crippen molar-refractivity contribution < 1.29 is 26.8 Å². The zero-order valence-corrected chi connectivity index (χ0v) is 18.7. The van der Waals surface area contributed by atoms with E-state index < -0.39 is 48.4 Å². The predicted octanol–water partition coefficient (Wildman–Crippen LogP) is 2.23. The van der Waals surface area contributed by atoms with E-state index in [4.69, 9.17) is 17.3 Å². The maximum atomic E-state index is 14.3. The Labute approximate surface area is 189 Å². The molecule has 5 fully saturated rings. The molecule has 0 aromatic heterocycles. The Morgan fingerprint density at radius 1 is 1.09 bits per heavy atom. The van der Waals surface area contributed by atoms with E-state index in [0.29, 0.717) is 18.8 Å². The number of amides is 2. The Hall–Kier alpha value is -1.78. The van der Waals surface area contributed by atoms with E-state index in [-0.39, 0.29) is 36.6 Å². The summed E-state index contributed by atoms with van der Waals surface area (Å²) >= 11 is 5.52. The van der Waals surface area contributed by atoms with Crippen molar-refractivity contribution in [2.75, 3.05) is 0 Å². The fourth-order valence-electron chi connectivity index (χ4n) is 6.38. The number of hydrogen-bond donors (Lipinski definition) is 3.